The van der Waals surface area contributed by atoms with Gasteiger partial charge in [-0.05, 0) is 6.42 Å². The van der Waals surface area contributed by atoms with E-state index in [-0.39, 0.29) is 26.1 Å². The molecule has 0 saturated carbocycles. The van der Waals surface area contributed by atoms with Crippen LogP contribution in [0.1, 0.15) is 6.42 Å². The Hall–Kier alpha value is -0.700. The van der Waals surface area contributed by atoms with Crippen LogP contribution in [0.15, 0.2) is 0 Å². The van der Waals surface area contributed by atoms with Crippen molar-refractivity contribution in [3.8, 4) is 0 Å². The Labute approximate surface area is 88.5 Å². The van der Waals surface area contributed by atoms with Crippen molar-refractivity contribution in [3.63, 3.8) is 0 Å². The summed E-state index contributed by atoms with van der Waals surface area (Å²) in [6.07, 6.45) is 0.0481. The molecule has 0 spiro atoms. The standard InChI is InChI=1S/C7H16N2O5S/c8-4-6(5-9)7(10)14-2-1-3-15(11,12)13/h6H,1-5,8-9H2,(H,11,12,13). The smallest absolute Gasteiger partial charge is 0.311 e. The van der Waals surface area contributed by atoms with Crippen LogP contribution in [0.4, 0.5) is 0 Å². The Morgan fingerprint density at radius 2 is 1.87 bits per heavy atom. The summed E-state index contributed by atoms with van der Waals surface area (Å²) in [5.41, 5.74) is 10.5. The molecule has 0 bridgehead atoms. The maximum atomic E-state index is 11.1. The van der Waals surface area contributed by atoms with E-state index in [1.165, 1.54) is 0 Å². The summed E-state index contributed by atoms with van der Waals surface area (Å²) >= 11 is 0. The first kappa shape index (κ1) is 14.3. The first-order valence-corrected chi connectivity index (χ1v) is 6.03. The van der Waals surface area contributed by atoms with E-state index in [1.807, 2.05) is 0 Å². The molecule has 0 amide bonds. The monoisotopic (exact) mass is 240 g/mol. The molecule has 0 aliphatic rings. The molecule has 0 radical (unpaired) electrons. The third-order valence-corrected chi connectivity index (χ3v) is 2.50. The van der Waals surface area contributed by atoms with Crippen LogP contribution < -0.4 is 11.5 Å². The minimum atomic E-state index is -3.99. The molecular weight excluding hydrogens is 224 g/mol. The van der Waals surface area contributed by atoms with Crippen molar-refractivity contribution >= 4 is 16.1 Å². The third-order valence-electron chi connectivity index (χ3n) is 1.69. The van der Waals surface area contributed by atoms with Gasteiger partial charge in [-0.3, -0.25) is 9.35 Å². The van der Waals surface area contributed by atoms with Crippen LogP contribution in [-0.2, 0) is 19.6 Å². The van der Waals surface area contributed by atoms with Gasteiger partial charge in [0.1, 0.15) is 0 Å². The number of ether oxygens (including phenoxy) is 1. The molecule has 90 valence electrons. The molecule has 8 heteroatoms. The van der Waals surface area contributed by atoms with Gasteiger partial charge in [0.15, 0.2) is 0 Å². The molecule has 0 atom stereocenters. The summed E-state index contributed by atoms with van der Waals surface area (Å²) in [5, 5.41) is 0. The lowest BCUT2D eigenvalue weighted by Gasteiger charge is -2.11. The van der Waals surface area contributed by atoms with Crippen molar-refractivity contribution in [1.29, 1.82) is 0 Å². The third kappa shape index (κ3) is 7.25. The first-order valence-electron chi connectivity index (χ1n) is 4.42. The zero-order chi connectivity index (χ0) is 11.9. The molecular formula is C7H16N2O5S. The summed E-state index contributed by atoms with van der Waals surface area (Å²) < 4.78 is 33.7. The number of hydrogen-bond acceptors (Lipinski definition) is 6. The van der Waals surface area contributed by atoms with Gasteiger partial charge in [-0.1, -0.05) is 0 Å². The van der Waals surface area contributed by atoms with Gasteiger partial charge >= 0.3 is 5.97 Å². The highest BCUT2D eigenvalue weighted by atomic mass is 32.2. The van der Waals surface area contributed by atoms with Gasteiger partial charge in [0.2, 0.25) is 0 Å². The molecule has 0 aromatic rings. The van der Waals surface area contributed by atoms with E-state index in [4.69, 9.17) is 20.8 Å². The second-order valence-electron chi connectivity index (χ2n) is 2.98. The van der Waals surface area contributed by atoms with Crippen LogP contribution in [0, 0.1) is 5.92 Å². The van der Waals surface area contributed by atoms with Crippen LogP contribution >= 0.6 is 0 Å². The lowest BCUT2D eigenvalue weighted by atomic mass is 10.1. The van der Waals surface area contributed by atoms with Crippen molar-refractivity contribution in [1.82, 2.24) is 0 Å². The molecule has 0 rings (SSSR count). The van der Waals surface area contributed by atoms with E-state index in [1.54, 1.807) is 0 Å². The van der Waals surface area contributed by atoms with E-state index in [2.05, 4.69) is 0 Å². The van der Waals surface area contributed by atoms with Gasteiger partial charge in [-0.25, -0.2) is 0 Å². The summed E-state index contributed by atoms with van der Waals surface area (Å²) in [6.45, 7) is 0.108. The number of rotatable bonds is 7. The van der Waals surface area contributed by atoms with Crippen LogP contribution in [0.5, 0.6) is 0 Å². The van der Waals surface area contributed by atoms with Crippen LogP contribution in [-0.4, -0.2) is 44.4 Å². The highest BCUT2D eigenvalue weighted by Crippen LogP contribution is 1.97. The lowest BCUT2D eigenvalue weighted by molar-refractivity contribution is -0.147. The molecule has 0 unspecified atom stereocenters. The predicted molar refractivity (Wildman–Crippen MR) is 53.6 cm³/mol. The Balaban J connectivity index is 3.73. The molecule has 0 aliphatic heterocycles. The molecule has 5 N–H and O–H groups in total. The average molecular weight is 240 g/mol. The zero-order valence-electron chi connectivity index (χ0n) is 8.26. The topological polar surface area (TPSA) is 133 Å². The van der Waals surface area contributed by atoms with Crippen molar-refractivity contribution in [2.75, 3.05) is 25.4 Å². The summed E-state index contributed by atoms with van der Waals surface area (Å²) in [5.74, 6) is -1.54. The van der Waals surface area contributed by atoms with Crippen molar-refractivity contribution in [3.05, 3.63) is 0 Å². The minimum Gasteiger partial charge on any atom is -0.465 e. The first-order chi connectivity index (χ1) is 6.90. The Morgan fingerprint density at radius 1 is 1.33 bits per heavy atom. The Bertz CT molecular complexity index is 286. The van der Waals surface area contributed by atoms with E-state index in [9.17, 15) is 13.2 Å². The summed E-state index contributed by atoms with van der Waals surface area (Å²) in [6, 6.07) is 0. The van der Waals surface area contributed by atoms with Gasteiger partial charge < -0.3 is 16.2 Å². The molecule has 15 heavy (non-hydrogen) atoms. The van der Waals surface area contributed by atoms with Gasteiger partial charge in [-0.15, -0.1) is 0 Å². The minimum absolute atomic E-state index is 0.0481. The lowest BCUT2D eigenvalue weighted by Crippen LogP contribution is -2.32. The van der Waals surface area contributed by atoms with Crippen molar-refractivity contribution < 1.29 is 22.5 Å². The number of hydrogen-bond donors (Lipinski definition) is 3. The second-order valence-corrected chi connectivity index (χ2v) is 4.55. The fourth-order valence-electron chi connectivity index (χ4n) is 0.821. The fourth-order valence-corrected chi connectivity index (χ4v) is 1.30. The van der Waals surface area contributed by atoms with Crippen LogP contribution in [0.3, 0.4) is 0 Å². The molecule has 0 aromatic heterocycles. The second kappa shape index (κ2) is 6.72. The van der Waals surface area contributed by atoms with Crippen molar-refractivity contribution in [2.24, 2.45) is 17.4 Å². The van der Waals surface area contributed by atoms with E-state index in [0.717, 1.165) is 0 Å². The number of nitrogens with two attached hydrogens (primary N) is 2. The highest BCUT2D eigenvalue weighted by Gasteiger charge is 2.16. The molecule has 0 heterocycles. The summed E-state index contributed by atoms with van der Waals surface area (Å²) in [7, 11) is -3.99. The predicted octanol–water partition coefficient (Wildman–Crippen LogP) is -1.66. The largest absolute Gasteiger partial charge is 0.465 e. The van der Waals surface area contributed by atoms with Gasteiger partial charge in [-0.2, -0.15) is 8.42 Å². The fraction of sp³-hybridized carbons (Fsp3) is 0.857. The normalized spacial score (nSPS) is 11.7. The SMILES string of the molecule is NCC(CN)C(=O)OCCCS(=O)(=O)O. The molecule has 7 nitrogen and oxygen atoms in total. The maximum absolute atomic E-state index is 11.1. The average Bonchev–Trinajstić information content (AvgIpc) is 2.13. The zero-order valence-corrected chi connectivity index (χ0v) is 9.07. The quantitative estimate of drug-likeness (QED) is 0.275. The number of esters is 1. The Kier molecular flexibility index (Phi) is 6.41. The van der Waals surface area contributed by atoms with Crippen LogP contribution in [0.25, 0.3) is 0 Å². The molecule has 0 fully saturated rings. The van der Waals surface area contributed by atoms with E-state index >= 15 is 0 Å². The van der Waals surface area contributed by atoms with E-state index < -0.39 is 27.8 Å². The molecule has 0 aliphatic carbocycles. The van der Waals surface area contributed by atoms with Gasteiger partial charge in [0.05, 0.1) is 18.3 Å². The van der Waals surface area contributed by atoms with Gasteiger partial charge in [0, 0.05) is 13.1 Å². The van der Waals surface area contributed by atoms with E-state index in [0.29, 0.717) is 0 Å². The van der Waals surface area contributed by atoms with Gasteiger partial charge in [0.25, 0.3) is 10.1 Å². The number of carbonyl (C=O) groups is 1. The molecule has 0 aromatic carbocycles. The summed E-state index contributed by atoms with van der Waals surface area (Å²) in [4.78, 5) is 11.1. The van der Waals surface area contributed by atoms with Crippen molar-refractivity contribution in [2.45, 2.75) is 6.42 Å². The maximum Gasteiger partial charge on any atom is 0.311 e. The highest BCUT2D eigenvalue weighted by molar-refractivity contribution is 7.85. The van der Waals surface area contributed by atoms with Crippen LogP contribution in [0.2, 0.25) is 0 Å². The Morgan fingerprint density at radius 3 is 2.27 bits per heavy atom. The number of carbonyl (C=O) groups excluding carboxylic acids is 1. The molecule has 0 saturated heterocycles.